The molecule has 1 fully saturated rings. The number of methoxy groups -OCH3 is 1. The van der Waals surface area contributed by atoms with Gasteiger partial charge in [0.2, 0.25) is 0 Å². The van der Waals surface area contributed by atoms with Gasteiger partial charge >= 0.3 is 0 Å². The van der Waals surface area contributed by atoms with Crippen LogP contribution in [0.15, 0.2) is 48.5 Å². The van der Waals surface area contributed by atoms with Crippen LogP contribution >= 0.6 is 0 Å². The average molecular weight is 460 g/mol. The van der Waals surface area contributed by atoms with Crippen molar-refractivity contribution in [3.8, 4) is 17.0 Å². The van der Waals surface area contributed by atoms with Crippen LogP contribution in [0.1, 0.15) is 67.8 Å². The lowest BCUT2D eigenvalue weighted by molar-refractivity contribution is 0.0953. The predicted octanol–water partition coefficient (Wildman–Crippen LogP) is 6.03. The van der Waals surface area contributed by atoms with Crippen molar-refractivity contribution >= 4 is 16.8 Å². The van der Waals surface area contributed by atoms with Gasteiger partial charge in [0.05, 0.1) is 23.9 Å². The number of ether oxygens (including phenoxy) is 1. The van der Waals surface area contributed by atoms with Crippen molar-refractivity contribution in [2.24, 2.45) is 0 Å². The first-order chi connectivity index (χ1) is 16.5. The molecule has 5 heteroatoms. The van der Waals surface area contributed by atoms with E-state index >= 15 is 0 Å². The minimum atomic E-state index is -0.0288. The summed E-state index contributed by atoms with van der Waals surface area (Å²) in [5.41, 5.74) is 4.50. The molecule has 1 saturated heterocycles. The summed E-state index contributed by atoms with van der Waals surface area (Å²) in [5.74, 6) is 1.16. The molecule has 0 spiro atoms. The van der Waals surface area contributed by atoms with Gasteiger partial charge in [-0.2, -0.15) is 0 Å². The van der Waals surface area contributed by atoms with Gasteiger partial charge in [0.25, 0.3) is 5.91 Å². The molecular formula is C29H37N3O2. The zero-order chi connectivity index (χ0) is 23.9. The first-order valence-corrected chi connectivity index (χ1v) is 12.6. The Labute approximate surface area is 203 Å². The quantitative estimate of drug-likeness (QED) is 0.418. The second kappa shape index (κ2) is 11.5. The van der Waals surface area contributed by atoms with Crippen LogP contribution in [-0.2, 0) is 0 Å². The summed E-state index contributed by atoms with van der Waals surface area (Å²) in [4.78, 5) is 20.8. The molecule has 2 heterocycles. The number of carbonyl (C=O) groups is 1. The number of amides is 1. The lowest BCUT2D eigenvalue weighted by Gasteiger charge is -2.19. The number of carbonyl (C=O) groups excluding carboxylic acids is 1. The number of rotatable bonds is 8. The SMILES string of the molecule is COc1ccc(-c2cc(C(=O)NCCCN3CCCCCC3)c3cc(C(C)C)ccc3n2)cc1. The Balaban J connectivity index is 1.56. The minimum Gasteiger partial charge on any atom is -0.497 e. The van der Waals surface area contributed by atoms with Gasteiger partial charge in [0.1, 0.15) is 5.75 Å². The molecule has 0 aliphatic carbocycles. The van der Waals surface area contributed by atoms with E-state index in [0.717, 1.165) is 40.9 Å². The maximum absolute atomic E-state index is 13.4. The summed E-state index contributed by atoms with van der Waals surface area (Å²) in [6.07, 6.45) is 6.25. The number of likely N-dealkylation sites (tertiary alicyclic amines) is 1. The predicted molar refractivity (Wildman–Crippen MR) is 140 cm³/mol. The average Bonchev–Trinajstić information content (AvgIpc) is 3.14. The topological polar surface area (TPSA) is 54.5 Å². The van der Waals surface area contributed by atoms with Gasteiger partial charge < -0.3 is 15.0 Å². The Kier molecular flexibility index (Phi) is 8.17. The van der Waals surface area contributed by atoms with Crippen molar-refractivity contribution in [1.29, 1.82) is 0 Å². The maximum Gasteiger partial charge on any atom is 0.252 e. The van der Waals surface area contributed by atoms with Crippen LogP contribution in [0.4, 0.5) is 0 Å². The summed E-state index contributed by atoms with van der Waals surface area (Å²) in [7, 11) is 1.66. The van der Waals surface area contributed by atoms with Crippen LogP contribution in [0.2, 0.25) is 0 Å². The van der Waals surface area contributed by atoms with E-state index in [4.69, 9.17) is 9.72 Å². The second-order valence-electron chi connectivity index (χ2n) is 9.58. The Bertz CT molecular complexity index is 1100. The summed E-state index contributed by atoms with van der Waals surface area (Å²) in [6, 6.07) is 16.0. The lowest BCUT2D eigenvalue weighted by atomic mass is 9.97. The molecule has 0 saturated carbocycles. The number of fused-ring (bicyclic) bond motifs is 1. The van der Waals surface area contributed by atoms with E-state index in [1.807, 2.05) is 36.4 Å². The van der Waals surface area contributed by atoms with Crippen molar-refractivity contribution in [3.05, 3.63) is 59.7 Å². The fraction of sp³-hybridized carbons (Fsp3) is 0.448. The van der Waals surface area contributed by atoms with Gasteiger partial charge in [-0.25, -0.2) is 4.98 Å². The molecule has 0 atom stereocenters. The summed E-state index contributed by atoms with van der Waals surface area (Å²) in [6.45, 7) is 8.44. The highest BCUT2D eigenvalue weighted by molar-refractivity contribution is 6.07. The number of hydrogen-bond donors (Lipinski definition) is 1. The molecule has 34 heavy (non-hydrogen) atoms. The van der Waals surface area contributed by atoms with Crippen LogP contribution < -0.4 is 10.1 Å². The molecular weight excluding hydrogens is 422 g/mol. The second-order valence-corrected chi connectivity index (χ2v) is 9.58. The molecule has 1 aliphatic heterocycles. The Morgan fingerprint density at radius 2 is 1.76 bits per heavy atom. The molecule has 2 aromatic carbocycles. The smallest absolute Gasteiger partial charge is 0.252 e. The van der Waals surface area contributed by atoms with E-state index in [1.165, 1.54) is 44.3 Å². The molecule has 4 rings (SSSR count). The monoisotopic (exact) mass is 459 g/mol. The standard InChI is InChI=1S/C29H37N3O2/c1-21(2)23-11-14-27-25(19-23)26(20-28(31-27)22-9-12-24(34-3)13-10-22)29(33)30-15-8-18-32-16-6-4-5-7-17-32/h9-14,19-21H,4-8,15-18H2,1-3H3,(H,30,33). The summed E-state index contributed by atoms with van der Waals surface area (Å²) >= 11 is 0. The fourth-order valence-corrected chi connectivity index (χ4v) is 4.66. The van der Waals surface area contributed by atoms with E-state index in [2.05, 4.69) is 36.2 Å². The zero-order valence-corrected chi connectivity index (χ0v) is 20.8. The normalized spacial score (nSPS) is 14.8. The molecule has 1 amide bonds. The maximum atomic E-state index is 13.4. The molecule has 5 nitrogen and oxygen atoms in total. The third kappa shape index (κ3) is 5.95. The highest BCUT2D eigenvalue weighted by Crippen LogP contribution is 2.28. The van der Waals surface area contributed by atoms with E-state index in [9.17, 15) is 4.79 Å². The third-order valence-electron chi connectivity index (χ3n) is 6.77. The molecule has 1 aromatic heterocycles. The van der Waals surface area contributed by atoms with Crippen LogP contribution in [-0.4, -0.2) is 49.1 Å². The minimum absolute atomic E-state index is 0.0288. The number of hydrogen-bond acceptors (Lipinski definition) is 4. The highest BCUT2D eigenvalue weighted by Gasteiger charge is 2.16. The van der Waals surface area contributed by atoms with Gasteiger partial charge in [0.15, 0.2) is 0 Å². The van der Waals surface area contributed by atoms with Gasteiger partial charge in [-0.3, -0.25) is 4.79 Å². The van der Waals surface area contributed by atoms with Crippen LogP contribution in [0.5, 0.6) is 5.75 Å². The lowest BCUT2D eigenvalue weighted by Crippen LogP contribution is -2.30. The van der Waals surface area contributed by atoms with Crippen molar-refractivity contribution in [1.82, 2.24) is 15.2 Å². The molecule has 3 aromatic rings. The Morgan fingerprint density at radius 3 is 2.44 bits per heavy atom. The molecule has 1 N–H and O–H groups in total. The van der Waals surface area contributed by atoms with Crippen molar-refractivity contribution < 1.29 is 9.53 Å². The van der Waals surface area contributed by atoms with E-state index in [-0.39, 0.29) is 5.91 Å². The Hall–Kier alpha value is -2.92. The molecule has 0 radical (unpaired) electrons. The number of aromatic nitrogens is 1. The van der Waals surface area contributed by atoms with Gasteiger partial charge in [0, 0.05) is 17.5 Å². The zero-order valence-electron chi connectivity index (χ0n) is 20.8. The van der Waals surface area contributed by atoms with Crippen molar-refractivity contribution in [2.75, 3.05) is 33.3 Å². The van der Waals surface area contributed by atoms with Crippen molar-refractivity contribution in [2.45, 2.75) is 51.9 Å². The van der Waals surface area contributed by atoms with Gasteiger partial charge in [-0.05, 0) is 92.8 Å². The van der Waals surface area contributed by atoms with Crippen LogP contribution in [0.3, 0.4) is 0 Å². The van der Waals surface area contributed by atoms with E-state index < -0.39 is 0 Å². The highest BCUT2D eigenvalue weighted by atomic mass is 16.5. The first kappa shape index (κ1) is 24.2. The van der Waals surface area contributed by atoms with E-state index in [0.29, 0.717) is 18.0 Å². The summed E-state index contributed by atoms with van der Waals surface area (Å²) < 4.78 is 5.29. The molecule has 0 unspecified atom stereocenters. The number of pyridine rings is 1. The Morgan fingerprint density at radius 1 is 1.03 bits per heavy atom. The first-order valence-electron chi connectivity index (χ1n) is 12.6. The molecule has 0 bridgehead atoms. The largest absolute Gasteiger partial charge is 0.497 e. The fourth-order valence-electron chi connectivity index (χ4n) is 4.66. The van der Waals surface area contributed by atoms with Crippen LogP contribution in [0, 0.1) is 0 Å². The third-order valence-corrected chi connectivity index (χ3v) is 6.77. The molecule has 1 aliphatic rings. The van der Waals surface area contributed by atoms with Crippen LogP contribution in [0.25, 0.3) is 22.2 Å². The molecule has 180 valence electrons. The van der Waals surface area contributed by atoms with Crippen molar-refractivity contribution in [3.63, 3.8) is 0 Å². The van der Waals surface area contributed by atoms with Gasteiger partial charge in [-0.1, -0.05) is 32.8 Å². The number of nitrogens with zero attached hydrogens (tertiary/aromatic N) is 2. The number of benzene rings is 2. The number of nitrogens with one attached hydrogen (secondary N) is 1. The summed E-state index contributed by atoms with van der Waals surface area (Å²) in [5, 5.41) is 4.09. The van der Waals surface area contributed by atoms with E-state index in [1.54, 1.807) is 7.11 Å². The van der Waals surface area contributed by atoms with Gasteiger partial charge in [-0.15, -0.1) is 0 Å².